The number of pyridine rings is 1. The maximum atomic E-state index is 12.3. The fourth-order valence-corrected chi connectivity index (χ4v) is 3.18. The quantitative estimate of drug-likeness (QED) is 0.884. The summed E-state index contributed by atoms with van der Waals surface area (Å²) in [5.41, 5.74) is 0.615. The molecule has 1 fully saturated rings. The van der Waals surface area contributed by atoms with Gasteiger partial charge in [-0.05, 0) is 56.2 Å². The number of nitrogens with zero attached hydrogens (tertiary/aromatic N) is 2. The smallest absolute Gasteiger partial charge is 0.251 e. The largest absolute Gasteiger partial charge is 0.405 e. The highest BCUT2D eigenvalue weighted by molar-refractivity contribution is 6.30. The second-order valence-electron chi connectivity index (χ2n) is 6.28. The average molecular weight is 360 g/mol. The van der Waals surface area contributed by atoms with Crippen LogP contribution in [0.25, 0.3) is 0 Å². The zero-order valence-electron chi connectivity index (χ0n) is 14.2. The highest BCUT2D eigenvalue weighted by atomic mass is 35.5. The first-order valence-corrected chi connectivity index (χ1v) is 8.91. The summed E-state index contributed by atoms with van der Waals surface area (Å²) in [6.45, 7) is 2.69. The van der Waals surface area contributed by atoms with E-state index in [1.807, 2.05) is 29.3 Å². The molecule has 1 N–H and O–H groups in total. The lowest BCUT2D eigenvalue weighted by molar-refractivity contribution is -0.142. The van der Waals surface area contributed by atoms with Gasteiger partial charge < -0.3 is 10.2 Å². The highest BCUT2D eigenvalue weighted by Crippen LogP contribution is 2.25. The first kappa shape index (κ1) is 17.7. The third-order valence-corrected chi connectivity index (χ3v) is 4.67. The van der Waals surface area contributed by atoms with Crippen LogP contribution in [-0.4, -0.2) is 34.6 Å². The molecule has 2 aromatic rings. The van der Waals surface area contributed by atoms with Crippen molar-refractivity contribution in [3.8, 4) is 5.75 Å². The molecular weight excluding hydrogens is 338 g/mol. The van der Waals surface area contributed by atoms with Crippen molar-refractivity contribution in [1.29, 1.82) is 0 Å². The van der Waals surface area contributed by atoms with Gasteiger partial charge in [0, 0.05) is 35.6 Å². The van der Waals surface area contributed by atoms with E-state index in [0.29, 0.717) is 17.1 Å². The SMILES string of the molecule is C[C@@H]1CCC[C@H](CNC(=O)c2ccncc2)N1Oc1ccc(Cl)cc1. The second kappa shape index (κ2) is 8.32. The van der Waals surface area contributed by atoms with Crippen molar-refractivity contribution in [3.05, 3.63) is 59.4 Å². The van der Waals surface area contributed by atoms with Crippen molar-refractivity contribution >= 4 is 17.5 Å². The van der Waals surface area contributed by atoms with E-state index in [4.69, 9.17) is 16.4 Å². The van der Waals surface area contributed by atoms with Crippen molar-refractivity contribution in [1.82, 2.24) is 15.4 Å². The van der Waals surface area contributed by atoms with Crippen molar-refractivity contribution in [2.75, 3.05) is 6.54 Å². The summed E-state index contributed by atoms with van der Waals surface area (Å²) in [5, 5.41) is 5.68. The minimum absolute atomic E-state index is 0.0907. The van der Waals surface area contributed by atoms with Crippen LogP contribution in [0.1, 0.15) is 36.5 Å². The number of amides is 1. The first-order chi connectivity index (χ1) is 12.1. The third-order valence-electron chi connectivity index (χ3n) is 4.42. The van der Waals surface area contributed by atoms with Crippen LogP contribution < -0.4 is 10.2 Å². The molecule has 0 aliphatic carbocycles. The van der Waals surface area contributed by atoms with Gasteiger partial charge >= 0.3 is 0 Å². The molecule has 0 unspecified atom stereocenters. The molecule has 1 aliphatic heterocycles. The lowest BCUT2D eigenvalue weighted by atomic mass is 9.99. The van der Waals surface area contributed by atoms with Gasteiger partial charge in [0.1, 0.15) is 5.75 Å². The average Bonchev–Trinajstić information content (AvgIpc) is 2.64. The second-order valence-corrected chi connectivity index (χ2v) is 6.72. The van der Waals surface area contributed by atoms with Crippen LogP contribution in [0, 0.1) is 0 Å². The van der Waals surface area contributed by atoms with E-state index in [2.05, 4.69) is 17.2 Å². The molecule has 1 amide bonds. The van der Waals surface area contributed by atoms with Gasteiger partial charge in [0.05, 0.1) is 6.04 Å². The number of carbonyl (C=O) groups is 1. The molecule has 6 heteroatoms. The summed E-state index contributed by atoms with van der Waals surface area (Å²) in [5.74, 6) is 0.663. The zero-order chi connectivity index (χ0) is 17.6. The summed E-state index contributed by atoms with van der Waals surface area (Å²) in [6, 6.07) is 11.2. The lowest BCUT2D eigenvalue weighted by Gasteiger charge is -2.39. The van der Waals surface area contributed by atoms with Crippen molar-refractivity contribution in [2.24, 2.45) is 0 Å². The van der Waals surface area contributed by atoms with Crippen molar-refractivity contribution < 1.29 is 9.63 Å². The van der Waals surface area contributed by atoms with Crippen LogP contribution in [0.2, 0.25) is 5.02 Å². The maximum Gasteiger partial charge on any atom is 0.251 e. The van der Waals surface area contributed by atoms with Crippen molar-refractivity contribution in [2.45, 2.75) is 38.3 Å². The fourth-order valence-electron chi connectivity index (χ4n) is 3.05. The molecule has 2 heterocycles. The topological polar surface area (TPSA) is 54.5 Å². The van der Waals surface area contributed by atoms with Gasteiger partial charge in [-0.3, -0.25) is 9.78 Å². The molecule has 0 saturated carbocycles. The van der Waals surface area contributed by atoms with Crippen molar-refractivity contribution in [3.63, 3.8) is 0 Å². The number of benzene rings is 1. The molecule has 2 atom stereocenters. The number of hydroxylamine groups is 2. The Morgan fingerprint density at radius 1 is 1.24 bits per heavy atom. The standard InChI is InChI=1S/C19H22ClN3O2/c1-14-3-2-4-17(13-22-19(24)15-9-11-21-12-10-15)23(14)25-18-7-5-16(20)6-8-18/h5-12,14,17H,2-4,13H2,1H3,(H,22,24)/t14-,17-/m1/s1. The Kier molecular flexibility index (Phi) is 5.89. The van der Waals surface area contributed by atoms with Crippen LogP contribution in [0.15, 0.2) is 48.8 Å². The molecule has 0 bridgehead atoms. The number of hydrogen-bond donors (Lipinski definition) is 1. The molecule has 3 rings (SSSR count). The van der Waals surface area contributed by atoms with Crippen LogP contribution in [-0.2, 0) is 0 Å². The summed E-state index contributed by atoms with van der Waals surface area (Å²) < 4.78 is 0. The molecule has 1 aliphatic rings. The molecule has 25 heavy (non-hydrogen) atoms. The summed E-state index contributed by atoms with van der Waals surface area (Å²) >= 11 is 5.93. The van der Waals surface area contributed by atoms with Gasteiger partial charge in [0.25, 0.3) is 5.91 Å². The number of nitrogens with one attached hydrogen (secondary N) is 1. The molecule has 1 aromatic heterocycles. The summed E-state index contributed by atoms with van der Waals surface area (Å²) in [7, 11) is 0. The molecule has 1 saturated heterocycles. The van der Waals surface area contributed by atoms with E-state index < -0.39 is 0 Å². The monoisotopic (exact) mass is 359 g/mol. The van der Waals surface area contributed by atoms with E-state index >= 15 is 0 Å². The zero-order valence-corrected chi connectivity index (χ0v) is 14.9. The van der Waals surface area contributed by atoms with Gasteiger partial charge in [-0.15, -0.1) is 5.06 Å². The Bertz CT molecular complexity index is 694. The van der Waals surface area contributed by atoms with E-state index in [1.165, 1.54) is 0 Å². The third kappa shape index (κ3) is 4.71. The highest BCUT2D eigenvalue weighted by Gasteiger charge is 2.30. The molecular formula is C19H22ClN3O2. The van der Waals surface area contributed by atoms with E-state index in [-0.39, 0.29) is 18.0 Å². The number of aromatic nitrogens is 1. The van der Waals surface area contributed by atoms with E-state index in [1.54, 1.807) is 24.5 Å². The molecule has 132 valence electrons. The van der Waals surface area contributed by atoms with E-state index in [0.717, 1.165) is 25.0 Å². The minimum atomic E-state index is -0.0907. The molecule has 0 spiro atoms. The number of rotatable bonds is 5. The minimum Gasteiger partial charge on any atom is -0.405 e. The number of halogens is 1. The van der Waals surface area contributed by atoms with Gasteiger partial charge in [-0.25, -0.2) is 0 Å². The number of piperidine rings is 1. The maximum absolute atomic E-state index is 12.3. The lowest BCUT2D eigenvalue weighted by Crippen LogP contribution is -2.52. The fraction of sp³-hybridized carbons (Fsp3) is 0.368. The van der Waals surface area contributed by atoms with Gasteiger partial charge in [-0.2, -0.15) is 0 Å². The Balaban J connectivity index is 1.63. The Morgan fingerprint density at radius 3 is 2.68 bits per heavy atom. The molecule has 1 aromatic carbocycles. The van der Waals surface area contributed by atoms with Crippen LogP contribution in [0.4, 0.5) is 0 Å². The Labute approximate surface area is 152 Å². The summed E-state index contributed by atoms with van der Waals surface area (Å²) in [4.78, 5) is 22.3. The van der Waals surface area contributed by atoms with Gasteiger partial charge in [0.2, 0.25) is 0 Å². The molecule has 5 nitrogen and oxygen atoms in total. The van der Waals surface area contributed by atoms with Gasteiger partial charge in [0.15, 0.2) is 0 Å². The van der Waals surface area contributed by atoms with Crippen LogP contribution >= 0.6 is 11.6 Å². The van der Waals surface area contributed by atoms with Crippen LogP contribution in [0.3, 0.4) is 0 Å². The predicted molar refractivity (Wildman–Crippen MR) is 97.6 cm³/mol. The predicted octanol–water partition coefficient (Wildman–Crippen LogP) is 3.70. The normalized spacial score (nSPS) is 20.9. The number of carbonyl (C=O) groups excluding carboxylic acids is 1. The Hall–Kier alpha value is -2.11. The van der Waals surface area contributed by atoms with Gasteiger partial charge in [-0.1, -0.05) is 18.0 Å². The molecule has 0 radical (unpaired) electrons. The summed E-state index contributed by atoms with van der Waals surface area (Å²) in [6.07, 6.45) is 6.41. The number of hydrogen-bond acceptors (Lipinski definition) is 4. The first-order valence-electron chi connectivity index (χ1n) is 8.53. The van der Waals surface area contributed by atoms with E-state index in [9.17, 15) is 4.79 Å². The van der Waals surface area contributed by atoms with Crippen LogP contribution in [0.5, 0.6) is 5.75 Å². The Morgan fingerprint density at radius 2 is 1.96 bits per heavy atom.